The highest BCUT2D eigenvalue weighted by atomic mass is 32.1. The van der Waals surface area contributed by atoms with Crippen LogP contribution >= 0.6 is 11.5 Å². The van der Waals surface area contributed by atoms with E-state index in [0.29, 0.717) is 6.54 Å². The number of aromatic nitrogens is 2. The molecule has 84 valence electrons. The summed E-state index contributed by atoms with van der Waals surface area (Å²) in [6.45, 7) is 2.68. The van der Waals surface area contributed by atoms with Crippen molar-refractivity contribution in [1.29, 1.82) is 0 Å². The summed E-state index contributed by atoms with van der Waals surface area (Å²) < 4.78 is 4.85. The largest absolute Gasteiger partial charge is 0.338 e. The summed E-state index contributed by atoms with van der Waals surface area (Å²) in [7, 11) is 0. The quantitative estimate of drug-likeness (QED) is 0.858. The number of fused-ring (bicyclic) bond motifs is 1. The minimum absolute atomic E-state index is 0.190. The van der Waals surface area contributed by atoms with Crippen LogP contribution < -0.4 is 10.6 Å². The molecule has 0 aliphatic rings. The van der Waals surface area contributed by atoms with Gasteiger partial charge in [0.25, 0.3) is 0 Å². The van der Waals surface area contributed by atoms with Crippen LogP contribution in [0, 0.1) is 0 Å². The van der Waals surface area contributed by atoms with Crippen LogP contribution in [0.15, 0.2) is 18.2 Å². The topological polar surface area (TPSA) is 66.9 Å². The fourth-order valence-electron chi connectivity index (χ4n) is 1.27. The van der Waals surface area contributed by atoms with E-state index in [1.165, 1.54) is 11.5 Å². The first kappa shape index (κ1) is 10.8. The highest BCUT2D eigenvalue weighted by Crippen LogP contribution is 2.19. The molecule has 0 fully saturated rings. The van der Waals surface area contributed by atoms with Crippen molar-refractivity contribution >= 4 is 33.5 Å². The lowest BCUT2D eigenvalue weighted by atomic mass is 10.3. The van der Waals surface area contributed by atoms with Crippen molar-refractivity contribution in [2.45, 2.75) is 13.3 Å². The summed E-state index contributed by atoms with van der Waals surface area (Å²) in [6, 6.07) is 5.36. The Balaban J connectivity index is 2.06. The number of amides is 2. The second-order valence-electron chi connectivity index (χ2n) is 3.34. The average Bonchev–Trinajstić information content (AvgIpc) is 2.73. The van der Waals surface area contributed by atoms with Crippen molar-refractivity contribution in [2.24, 2.45) is 0 Å². The minimum atomic E-state index is -0.190. The molecule has 2 N–H and O–H groups in total. The van der Waals surface area contributed by atoms with Crippen molar-refractivity contribution in [3.05, 3.63) is 18.2 Å². The Morgan fingerprint density at radius 3 is 3.19 bits per heavy atom. The van der Waals surface area contributed by atoms with E-state index >= 15 is 0 Å². The van der Waals surface area contributed by atoms with Gasteiger partial charge in [0.15, 0.2) is 0 Å². The summed E-state index contributed by atoms with van der Waals surface area (Å²) in [5.41, 5.74) is 1.53. The third-order valence-electron chi connectivity index (χ3n) is 2.04. The molecular formula is C10H12N4OS. The maximum absolute atomic E-state index is 11.4. The molecule has 2 amide bonds. The van der Waals surface area contributed by atoms with Crippen molar-refractivity contribution in [1.82, 2.24) is 14.9 Å². The number of anilines is 1. The van der Waals surface area contributed by atoms with Gasteiger partial charge in [-0.05, 0) is 36.2 Å². The number of carbonyl (C=O) groups excluding carboxylic acids is 1. The average molecular weight is 236 g/mol. The highest BCUT2D eigenvalue weighted by molar-refractivity contribution is 7.12. The standard InChI is InChI=1S/C10H12N4OS/c1-2-5-11-10(15)12-7-3-4-9-8(6-7)13-14-16-9/h3-4,6H,2,5H2,1H3,(H2,11,12,15). The van der Waals surface area contributed by atoms with Crippen LogP contribution in [-0.4, -0.2) is 22.2 Å². The highest BCUT2D eigenvalue weighted by Gasteiger charge is 2.03. The van der Waals surface area contributed by atoms with E-state index in [-0.39, 0.29) is 6.03 Å². The fraction of sp³-hybridized carbons (Fsp3) is 0.300. The van der Waals surface area contributed by atoms with Gasteiger partial charge >= 0.3 is 6.03 Å². The van der Waals surface area contributed by atoms with Crippen LogP contribution in [0.3, 0.4) is 0 Å². The molecule has 0 radical (unpaired) electrons. The first-order valence-corrected chi connectivity index (χ1v) is 5.84. The molecule has 0 atom stereocenters. The number of benzene rings is 1. The molecule has 2 rings (SSSR count). The van der Waals surface area contributed by atoms with Crippen LogP contribution in [0.5, 0.6) is 0 Å². The third-order valence-corrected chi connectivity index (χ3v) is 2.75. The summed E-state index contributed by atoms with van der Waals surface area (Å²) >= 11 is 1.34. The minimum Gasteiger partial charge on any atom is -0.338 e. The predicted octanol–water partition coefficient (Wildman–Crippen LogP) is 2.22. The molecule has 0 bridgehead atoms. The maximum atomic E-state index is 11.4. The van der Waals surface area contributed by atoms with Crippen LogP contribution in [0.1, 0.15) is 13.3 Å². The maximum Gasteiger partial charge on any atom is 0.319 e. The molecule has 0 saturated heterocycles. The lowest BCUT2D eigenvalue weighted by molar-refractivity contribution is 0.252. The number of hydrogen-bond acceptors (Lipinski definition) is 4. The monoisotopic (exact) mass is 236 g/mol. The number of nitrogens with zero attached hydrogens (tertiary/aromatic N) is 2. The van der Waals surface area contributed by atoms with Crippen molar-refractivity contribution in [3.63, 3.8) is 0 Å². The van der Waals surface area contributed by atoms with Crippen LogP contribution in [0.4, 0.5) is 10.5 Å². The Morgan fingerprint density at radius 1 is 1.50 bits per heavy atom. The number of carbonyl (C=O) groups is 1. The van der Waals surface area contributed by atoms with Gasteiger partial charge in [0.1, 0.15) is 5.52 Å². The third kappa shape index (κ3) is 2.46. The molecule has 16 heavy (non-hydrogen) atoms. The van der Waals surface area contributed by atoms with Gasteiger partial charge in [0.2, 0.25) is 0 Å². The van der Waals surface area contributed by atoms with Gasteiger partial charge in [0.05, 0.1) is 4.70 Å². The SMILES string of the molecule is CCCNC(=O)Nc1ccc2snnc2c1. The molecule has 6 heteroatoms. The van der Waals surface area contributed by atoms with Crippen molar-refractivity contribution in [3.8, 4) is 0 Å². The lowest BCUT2D eigenvalue weighted by Gasteiger charge is -2.05. The van der Waals surface area contributed by atoms with E-state index in [0.717, 1.165) is 22.3 Å². The zero-order valence-corrected chi connectivity index (χ0v) is 9.67. The second-order valence-corrected chi connectivity index (χ2v) is 4.12. The lowest BCUT2D eigenvalue weighted by Crippen LogP contribution is -2.29. The Hall–Kier alpha value is -1.69. The number of rotatable bonds is 3. The van der Waals surface area contributed by atoms with Crippen LogP contribution in [-0.2, 0) is 0 Å². The predicted molar refractivity (Wildman–Crippen MR) is 64.7 cm³/mol. The Morgan fingerprint density at radius 2 is 2.38 bits per heavy atom. The molecule has 1 aromatic carbocycles. The Bertz CT molecular complexity index is 496. The smallest absolute Gasteiger partial charge is 0.319 e. The summed E-state index contributed by atoms with van der Waals surface area (Å²) in [5.74, 6) is 0. The molecule has 1 heterocycles. The van der Waals surface area contributed by atoms with Gasteiger partial charge in [-0.2, -0.15) is 0 Å². The molecule has 0 spiro atoms. The van der Waals surface area contributed by atoms with E-state index in [9.17, 15) is 4.79 Å². The van der Waals surface area contributed by atoms with E-state index in [4.69, 9.17) is 0 Å². The normalized spacial score (nSPS) is 10.3. The number of nitrogens with one attached hydrogen (secondary N) is 2. The summed E-state index contributed by atoms with van der Waals surface area (Å²) in [4.78, 5) is 11.4. The Kier molecular flexibility index (Phi) is 3.31. The fourth-order valence-corrected chi connectivity index (χ4v) is 1.81. The van der Waals surface area contributed by atoms with Gasteiger partial charge in [-0.1, -0.05) is 11.4 Å². The molecule has 0 unspecified atom stereocenters. The molecule has 0 saturated carbocycles. The first-order valence-electron chi connectivity index (χ1n) is 5.06. The van der Waals surface area contributed by atoms with E-state index in [2.05, 4.69) is 20.2 Å². The first-order chi connectivity index (χ1) is 7.79. The van der Waals surface area contributed by atoms with Gasteiger partial charge < -0.3 is 10.6 Å². The Labute approximate surface area is 97.0 Å². The molecular weight excluding hydrogens is 224 g/mol. The van der Waals surface area contributed by atoms with E-state index < -0.39 is 0 Å². The molecule has 2 aromatic rings. The molecule has 5 nitrogen and oxygen atoms in total. The summed E-state index contributed by atoms with van der Waals surface area (Å²) in [5, 5.41) is 9.43. The molecule has 1 aromatic heterocycles. The zero-order chi connectivity index (χ0) is 11.4. The van der Waals surface area contributed by atoms with Gasteiger partial charge in [-0.25, -0.2) is 4.79 Å². The van der Waals surface area contributed by atoms with Crippen molar-refractivity contribution < 1.29 is 4.79 Å². The van der Waals surface area contributed by atoms with Gasteiger partial charge in [-0.3, -0.25) is 0 Å². The summed E-state index contributed by atoms with van der Waals surface area (Å²) in [6.07, 6.45) is 0.919. The molecule has 0 aliphatic carbocycles. The molecule has 0 aliphatic heterocycles. The van der Waals surface area contributed by atoms with Crippen LogP contribution in [0.2, 0.25) is 0 Å². The second kappa shape index (κ2) is 4.89. The van der Waals surface area contributed by atoms with Crippen molar-refractivity contribution in [2.75, 3.05) is 11.9 Å². The number of hydrogen-bond donors (Lipinski definition) is 2. The van der Waals surface area contributed by atoms with E-state index in [1.807, 2.05) is 25.1 Å². The zero-order valence-electron chi connectivity index (χ0n) is 8.86. The van der Waals surface area contributed by atoms with Crippen LogP contribution in [0.25, 0.3) is 10.2 Å². The van der Waals surface area contributed by atoms with Gasteiger partial charge in [-0.15, -0.1) is 5.10 Å². The number of urea groups is 1. The van der Waals surface area contributed by atoms with E-state index in [1.54, 1.807) is 0 Å². The van der Waals surface area contributed by atoms with Gasteiger partial charge in [0, 0.05) is 12.2 Å².